The van der Waals surface area contributed by atoms with E-state index in [-0.39, 0.29) is 0 Å². The van der Waals surface area contributed by atoms with Gasteiger partial charge in [-0.3, -0.25) is 0 Å². The van der Waals surface area contributed by atoms with Crippen molar-refractivity contribution < 1.29 is 0 Å². The summed E-state index contributed by atoms with van der Waals surface area (Å²) in [5.74, 6) is 0. The lowest BCUT2D eigenvalue weighted by Crippen LogP contribution is -2.19. The van der Waals surface area contributed by atoms with Crippen LogP contribution in [0.25, 0.3) is 0 Å². The highest BCUT2D eigenvalue weighted by molar-refractivity contribution is 8.21. The molecule has 0 spiro atoms. The predicted molar refractivity (Wildman–Crippen MR) is 40.6 cm³/mol. The van der Waals surface area contributed by atoms with Gasteiger partial charge in [0.15, 0.2) is 4.32 Å². The van der Waals surface area contributed by atoms with Crippen LogP contribution in [-0.2, 0) is 0 Å². The first-order valence-corrected chi connectivity index (χ1v) is 3.52. The van der Waals surface area contributed by atoms with Gasteiger partial charge in [0.05, 0.1) is 6.67 Å². The van der Waals surface area contributed by atoms with E-state index in [1.165, 1.54) is 0 Å². The molecule has 1 rings (SSSR count). The Morgan fingerprint density at radius 3 is 2.38 bits per heavy atom. The van der Waals surface area contributed by atoms with Crippen LogP contribution in [0.3, 0.4) is 0 Å². The fourth-order valence-corrected chi connectivity index (χ4v) is 1.72. The van der Waals surface area contributed by atoms with Crippen molar-refractivity contribution in [1.82, 2.24) is 9.21 Å². The van der Waals surface area contributed by atoms with Gasteiger partial charge in [-0.05, 0) is 19.0 Å². The molecule has 1 heterocycles. The van der Waals surface area contributed by atoms with Gasteiger partial charge in [0.25, 0.3) is 0 Å². The lowest BCUT2D eigenvalue weighted by Gasteiger charge is -2.06. The Kier molecular flexibility index (Phi) is 1.74. The summed E-state index contributed by atoms with van der Waals surface area (Å²) in [6, 6.07) is 0. The molecule has 0 atom stereocenters. The second-order valence-electron chi connectivity index (χ2n) is 1.82. The number of rotatable bonds is 0. The highest BCUT2D eigenvalue weighted by atomic mass is 32.2. The SMILES string of the molecule is CN1CN(C)C(=S)S1. The third kappa shape index (κ3) is 1.13. The molecule has 1 aliphatic rings. The lowest BCUT2D eigenvalue weighted by molar-refractivity contribution is 0.406. The lowest BCUT2D eigenvalue weighted by atomic mass is 10.9. The Morgan fingerprint density at radius 2 is 2.25 bits per heavy atom. The molecule has 0 unspecified atom stereocenters. The van der Waals surface area contributed by atoms with E-state index in [1.807, 2.05) is 19.0 Å². The smallest absolute Gasteiger partial charge is 0.152 e. The van der Waals surface area contributed by atoms with E-state index in [2.05, 4.69) is 4.31 Å². The van der Waals surface area contributed by atoms with Gasteiger partial charge in [0.2, 0.25) is 0 Å². The Balaban J connectivity index is 2.51. The van der Waals surface area contributed by atoms with Crippen LogP contribution in [-0.4, -0.2) is 34.3 Å². The molecular weight excluding hydrogens is 140 g/mol. The van der Waals surface area contributed by atoms with Crippen LogP contribution in [0.1, 0.15) is 0 Å². The molecule has 0 radical (unpaired) electrons. The molecule has 0 bridgehead atoms. The van der Waals surface area contributed by atoms with Gasteiger partial charge in [-0.2, -0.15) is 0 Å². The second kappa shape index (κ2) is 2.21. The van der Waals surface area contributed by atoms with Crippen LogP contribution in [0.15, 0.2) is 0 Å². The van der Waals surface area contributed by atoms with Gasteiger partial charge >= 0.3 is 0 Å². The first kappa shape index (κ1) is 6.32. The molecule has 46 valence electrons. The molecule has 1 fully saturated rings. The van der Waals surface area contributed by atoms with Crippen molar-refractivity contribution in [3.8, 4) is 0 Å². The Morgan fingerprint density at radius 1 is 1.62 bits per heavy atom. The molecule has 4 heteroatoms. The third-order valence-electron chi connectivity index (χ3n) is 0.957. The summed E-state index contributed by atoms with van der Waals surface area (Å²) in [4.78, 5) is 2.04. The minimum absolute atomic E-state index is 0.948. The first-order chi connectivity index (χ1) is 3.70. The number of nitrogens with zero attached hydrogens (tertiary/aromatic N) is 2. The summed E-state index contributed by atoms with van der Waals surface area (Å²) in [5.41, 5.74) is 0. The molecule has 0 N–H and O–H groups in total. The van der Waals surface area contributed by atoms with E-state index < -0.39 is 0 Å². The van der Waals surface area contributed by atoms with E-state index in [1.54, 1.807) is 11.9 Å². The molecule has 1 aliphatic heterocycles. The topological polar surface area (TPSA) is 6.48 Å². The second-order valence-corrected chi connectivity index (χ2v) is 3.66. The maximum absolute atomic E-state index is 4.97. The number of thiocarbonyl (C=S) groups is 1. The number of hydrogen-bond donors (Lipinski definition) is 0. The van der Waals surface area contributed by atoms with Crippen LogP contribution in [0, 0.1) is 0 Å². The Bertz CT molecular complexity index is 115. The van der Waals surface area contributed by atoms with Crippen molar-refractivity contribution >= 4 is 28.5 Å². The van der Waals surface area contributed by atoms with E-state index in [0.717, 1.165) is 11.0 Å². The van der Waals surface area contributed by atoms with Crippen molar-refractivity contribution in [2.24, 2.45) is 0 Å². The zero-order valence-corrected chi connectivity index (χ0v) is 6.55. The molecule has 0 saturated carbocycles. The molecular formula is C4H8N2S2. The van der Waals surface area contributed by atoms with E-state index >= 15 is 0 Å². The molecule has 8 heavy (non-hydrogen) atoms. The van der Waals surface area contributed by atoms with Crippen LogP contribution in [0.5, 0.6) is 0 Å². The highest BCUT2D eigenvalue weighted by Gasteiger charge is 2.17. The molecule has 0 aromatic heterocycles. The summed E-state index contributed by atoms with van der Waals surface area (Å²) in [6.07, 6.45) is 0. The van der Waals surface area contributed by atoms with Crippen LogP contribution >= 0.6 is 24.2 Å². The Labute approximate surface area is 59.0 Å². The summed E-state index contributed by atoms with van der Waals surface area (Å²) in [5, 5.41) is 0. The van der Waals surface area contributed by atoms with Crippen LogP contribution < -0.4 is 0 Å². The Hall–Kier alpha value is 0.200. The van der Waals surface area contributed by atoms with Gasteiger partial charge in [0.1, 0.15) is 0 Å². The van der Waals surface area contributed by atoms with Gasteiger partial charge in [-0.1, -0.05) is 12.2 Å². The summed E-state index contributed by atoms with van der Waals surface area (Å²) in [6.45, 7) is 0.948. The average molecular weight is 148 g/mol. The van der Waals surface area contributed by atoms with Gasteiger partial charge in [-0.25, -0.2) is 4.31 Å². The molecule has 0 aromatic carbocycles. The highest BCUT2D eigenvalue weighted by Crippen LogP contribution is 2.19. The molecule has 1 saturated heterocycles. The van der Waals surface area contributed by atoms with Crippen LogP contribution in [0.2, 0.25) is 0 Å². The minimum Gasteiger partial charge on any atom is -0.346 e. The quantitative estimate of drug-likeness (QED) is 0.369. The fourth-order valence-electron chi connectivity index (χ4n) is 0.588. The van der Waals surface area contributed by atoms with Crippen LogP contribution in [0.4, 0.5) is 0 Å². The fraction of sp³-hybridized carbons (Fsp3) is 0.750. The van der Waals surface area contributed by atoms with E-state index in [0.29, 0.717) is 0 Å². The normalized spacial score (nSPS) is 22.8. The molecule has 0 aromatic rings. The molecule has 2 nitrogen and oxygen atoms in total. The van der Waals surface area contributed by atoms with E-state index in [9.17, 15) is 0 Å². The zero-order valence-electron chi connectivity index (χ0n) is 4.92. The molecule has 0 aliphatic carbocycles. The van der Waals surface area contributed by atoms with Crippen molar-refractivity contribution in [2.75, 3.05) is 20.8 Å². The van der Waals surface area contributed by atoms with Crippen molar-refractivity contribution in [2.45, 2.75) is 0 Å². The van der Waals surface area contributed by atoms with Gasteiger partial charge in [0, 0.05) is 7.05 Å². The maximum atomic E-state index is 4.97. The number of hydrogen-bond acceptors (Lipinski definition) is 3. The van der Waals surface area contributed by atoms with E-state index in [4.69, 9.17) is 12.2 Å². The summed E-state index contributed by atoms with van der Waals surface area (Å²) in [7, 11) is 4.03. The van der Waals surface area contributed by atoms with Crippen molar-refractivity contribution in [3.63, 3.8) is 0 Å². The van der Waals surface area contributed by atoms with Gasteiger partial charge in [-0.15, -0.1) is 0 Å². The van der Waals surface area contributed by atoms with Crippen molar-refractivity contribution in [1.29, 1.82) is 0 Å². The summed E-state index contributed by atoms with van der Waals surface area (Å²) < 4.78 is 3.06. The van der Waals surface area contributed by atoms with Gasteiger partial charge < -0.3 is 4.90 Å². The molecule has 0 amide bonds. The minimum atomic E-state index is 0.948. The summed E-state index contributed by atoms with van der Waals surface area (Å²) >= 11 is 6.59. The van der Waals surface area contributed by atoms with Crippen molar-refractivity contribution in [3.05, 3.63) is 0 Å². The zero-order chi connectivity index (χ0) is 6.15. The average Bonchev–Trinajstić information content (AvgIpc) is 1.85. The predicted octanol–water partition coefficient (Wildman–Crippen LogP) is 0.754. The largest absolute Gasteiger partial charge is 0.346 e. The standard InChI is InChI=1S/C4H8N2S2/c1-5-3-6(2)8-4(5)7/h3H2,1-2H3. The maximum Gasteiger partial charge on any atom is 0.152 e. The third-order valence-corrected chi connectivity index (χ3v) is 2.39. The monoisotopic (exact) mass is 148 g/mol. The first-order valence-electron chi connectivity index (χ1n) is 2.34.